The number of rotatable bonds is 5. The van der Waals surface area contributed by atoms with Crippen LogP contribution in [0.1, 0.15) is 37.0 Å². The minimum absolute atomic E-state index is 0.0309. The lowest BCUT2D eigenvalue weighted by Crippen LogP contribution is -2.51. The van der Waals surface area contributed by atoms with E-state index in [1.165, 1.54) is 0 Å². The molecule has 0 aromatic carbocycles. The topological polar surface area (TPSA) is 60.3 Å². The molecule has 0 bridgehead atoms. The lowest BCUT2D eigenvalue weighted by atomic mass is 10.1. The number of nitrogens with zero attached hydrogens (tertiary/aromatic N) is 4. The average Bonchev–Trinajstić information content (AvgIpc) is 3.14. The number of carbonyl (C=O) groups excluding carboxylic acids is 2. The van der Waals surface area contributed by atoms with Crippen molar-refractivity contribution in [1.82, 2.24) is 19.5 Å². The van der Waals surface area contributed by atoms with Crippen molar-refractivity contribution >= 4 is 23.3 Å². The molecule has 0 unspecified atom stereocenters. The first-order chi connectivity index (χ1) is 13.4. The average molecular weight is 386 g/mol. The van der Waals surface area contributed by atoms with Crippen molar-refractivity contribution in [2.24, 2.45) is 0 Å². The van der Waals surface area contributed by atoms with Crippen LogP contribution in [-0.4, -0.2) is 72.5 Å². The van der Waals surface area contributed by atoms with Gasteiger partial charge in [-0.3, -0.25) is 4.79 Å². The molecule has 2 aromatic heterocycles. The third kappa shape index (κ3) is 4.08. The van der Waals surface area contributed by atoms with Gasteiger partial charge in [0.05, 0.1) is 5.56 Å². The predicted octanol–water partition coefficient (Wildman–Crippen LogP) is 2.66. The van der Waals surface area contributed by atoms with E-state index < -0.39 is 0 Å². The Kier molecular flexibility index (Phi) is 6.11. The van der Waals surface area contributed by atoms with Gasteiger partial charge in [-0.05, 0) is 37.1 Å². The zero-order valence-electron chi connectivity index (χ0n) is 17.3. The van der Waals surface area contributed by atoms with E-state index in [0.29, 0.717) is 18.7 Å². The van der Waals surface area contributed by atoms with Crippen LogP contribution in [0.2, 0.25) is 0 Å². The van der Waals surface area contributed by atoms with E-state index in [1.54, 1.807) is 19.0 Å². The van der Waals surface area contributed by atoms with Crippen molar-refractivity contribution in [2.45, 2.75) is 32.7 Å². The number of nitrogens with one attached hydrogen (secondary N) is 1. The highest BCUT2D eigenvalue weighted by atomic mass is 16.2. The lowest BCUT2D eigenvalue weighted by Gasteiger charge is -2.36. The molecule has 0 atom stereocenters. The number of anilines is 1. The Hall–Kier alpha value is -2.70. The zero-order valence-corrected chi connectivity index (χ0v) is 17.3. The molecule has 0 saturated carbocycles. The Balaban J connectivity index is 1.76. The molecule has 0 radical (unpaired) electrons. The van der Waals surface area contributed by atoms with Crippen LogP contribution in [0.25, 0.3) is 5.52 Å². The Bertz CT molecular complexity index is 832. The van der Waals surface area contributed by atoms with E-state index in [2.05, 4.69) is 40.6 Å². The summed E-state index contributed by atoms with van der Waals surface area (Å²) in [5.74, 6) is 1.03. The molecule has 7 nitrogen and oxygen atoms in total. The largest absolute Gasteiger partial charge is 0.354 e. The molecule has 1 fully saturated rings. The maximum Gasteiger partial charge on any atom is 0.319 e. The normalized spacial score (nSPS) is 14.6. The van der Waals surface area contributed by atoms with Crippen LogP contribution in [0.4, 0.5) is 10.6 Å². The predicted molar refractivity (Wildman–Crippen MR) is 112 cm³/mol. The number of carbonyl (C=O) groups is 2. The van der Waals surface area contributed by atoms with Crippen LogP contribution in [0.15, 0.2) is 30.5 Å². The number of urea groups is 1. The smallest absolute Gasteiger partial charge is 0.319 e. The number of pyridine rings is 1. The van der Waals surface area contributed by atoms with Gasteiger partial charge in [-0.25, -0.2) is 4.79 Å². The number of hydrogen-bond donors (Lipinski definition) is 1. The molecule has 1 saturated heterocycles. The number of fused-ring (bicyclic) bond motifs is 1. The van der Waals surface area contributed by atoms with Crippen LogP contribution < -0.4 is 10.2 Å². The van der Waals surface area contributed by atoms with E-state index in [4.69, 9.17) is 0 Å². The molecule has 152 valence electrons. The first-order valence-corrected chi connectivity index (χ1v) is 10.1. The summed E-state index contributed by atoms with van der Waals surface area (Å²) < 4.78 is 2.07. The van der Waals surface area contributed by atoms with E-state index in [1.807, 2.05) is 23.2 Å². The van der Waals surface area contributed by atoms with Gasteiger partial charge in [0.15, 0.2) is 0 Å². The minimum atomic E-state index is -0.0309. The molecule has 1 N–H and O–H groups in total. The summed E-state index contributed by atoms with van der Waals surface area (Å²) in [6.07, 6.45) is 3.77. The molecular weight excluding hydrogens is 354 g/mol. The number of aromatic nitrogens is 1. The fourth-order valence-corrected chi connectivity index (χ4v) is 3.65. The van der Waals surface area contributed by atoms with Crippen LogP contribution >= 0.6 is 0 Å². The van der Waals surface area contributed by atoms with Crippen molar-refractivity contribution in [1.29, 1.82) is 0 Å². The summed E-state index contributed by atoms with van der Waals surface area (Å²) >= 11 is 0. The zero-order chi connectivity index (χ0) is 20.3. The summed E-state index contributed by atoms with van der Waals surface area (Å²) in [6, 6.07) is 8.27. The first kappa shape index (κ1) is 20.0. The van der Waals surface area contributed by atoms with Gasteiger partial charge in [0, 0.05) is 58.0 Å². The van der Waals surface area contributed by atoms with Crippen molar-refractivity contribution in [3.8, 4) is 0 Å². The highest BCUT2D eigenvalue weighted by Gasteiger charge is 2.23. The second kappa shape index (κ2) is 8.54. The Morgan fingerprint density at radius 1 is 1.04 bits per heavy atom. The molecule has 3 heterocycles. The third-order valence-electron chi connectivity index (χ3n) is 5.47. The summed E-state index contributed by atoms with van der Waals surface area (Å²) in [4.78, 5) is 30.5. The van der Waals surface area contributed by atoms with Crippen molar-refractivity contribution in [3.63, 3.8) is 0 Å². The Morgan fingerprint density at radius 3 is 2.29 bits per heavy atom. The van der Waals surface area contributed by atoms with E-state index in [0.717, 1.165) is 37.3 Å². The van der Waals surface area contributed by atoms with Crippen LogP contribution in [0.3, 0.4) is 0 Å². The quantitative estimate of drug-likeness (QED) is 0.861. The van der Waals surface area contributed by atoms with Crippen LogP contribution in [0.5, 0.6) is 0 Å². The monoisotopic (exact) mass is 385 g/mol. The molecule has 1 aliphatic heterocycles. The van der Waals surface area contributed by atoms with Crippen LogP contribution in [0, 0.1) is 0 Å². The summed E-state index contributed by atoms with van der Waals surface area (Å²) in [6.45, 7) is 7.11. The van der Waals surface area contributed by atoms with E-state index >= 15 is 0 Å². The highest BCUT2D eigenvalue weighted by molar-refractivity contribution is 5.94. The highest BCUT2D eigenvalue weighted by Crippen LogP contribution is 2.22. The molecule has 0 spiro atoms. The minimum Gasteiger partial charge on any atom is -0.354 e. The Labute approximate surface area is 166 Å². The van der Waals surface area contributed by atoms with Gasteiger partial charge in [0.25, 0.3) is 5.91 Å². The second-order valence-electron chi connectivity index (χ2n) is 7.54. The van der Waals surface area contributed by atoms with E-state index in [-0.39, 0.29) is 18.0 Å². The summed E-state index contributed by atoms with van der Waals surface area (Å²) in [5, 5.41) is 3.10. The van der Waals surface area contributed by atoms with Crippen LogP contribution in [-0.2, 0) is 0 Å². The molecule has 0 aliphatic carbocycles. The number of piperazine rings is 1. The van der Waals surface area contributed by atoms with E-state index in [9.17, 15) is 9.59 Å². The summed E-state index contributed by atoms with van der Waals surface area (Å²) in [7, 11) is 3.56. The molecule has 7 heteroatoms. The van der Waals surface area contributed by atoms with Gasteiger partial charge in [-0.15, -0.1) is 0 Å². The first-order valence-electron chi connectivity index (χ1n) is 10.1. The molecule has 1 aliphatic rings. The Morgan fingerprint density at radius 2 is 1.68 bits per heavy atom. The van der Waals surface area contributed by atoms with Gasteiger partial charge >= 0.3 is 6.03 Å². The van der Waals surface area contributed by atoms with Crippen molar-refractivity contribution in [2.75, 3.05) is 45.2 Å². The maximum absolute atomic E-state index is 12.6. The molecule has 2 aromatic rings. The molecule has 3 rings (SSSR count). The second-order valence-corrected chi connectivity index (χ2v) is 7.54. The number of hydrogen-bond acceptors (Lipinski definition) is 3. The number of amides is 3. The van der Waals surface area contributed by atoms with Crippen molar-refractivity contribution < 1.29 is 9.59 Å². The SMILES string of the molecule is CCC(CC)NC(=O)c1ccc2ccc(N3CCN(C(=O)N(C)C)CC3)n2c1. The van der Waals surface area contributed by atoms with Gasteiger partial charge in [0.2, 0.25) is 0 Å². The maximum atomic E-state index is 12.6. The standard InChI is InChI=1S/C21H31N5O2/c1-5-17(6-2)22-20(27)16-7-8-18-9-10-19(26(18)15-16)24-11-13-25(14-12-24)21(28)23(3)4/h7-10,15,17H,5-6,11-14H2,1-4H3,(H,22,27). The lowest BCUT2D eigenvalue weighted by molar-refractivity contribution is 0.0934. The van der Waals surface area contributed by atoms with Gasteiger partial charge in [-0.2, -0.15) is 0 Å². The molecular formula is C21H31N5O2. The third-order valence-corrected chi connectivity index (χ3v) is 5.47. The molecule has 28 heavy (non-hydrogen) atoms. The van der Waals surface area contributed by atoms with Gasteiger partial charge in [-0.1, -0.05) is 13.8 Å². The van der Waals surface area contributed by atoms with Gasteiger partial charge < -0.3 is 24.4 Å². The molecule has 3 amide bonds. The fraction of sp³-hybridized carbons (Fsp3) is 0.524. The van der Waals surface area contributed by atoms with Gasteiger partial charge in [0.1, 0.15) is 5.82 Å². The summed E-state index contributed by atoms with van der Waals surface area (Å²) in [5.41, 5.74) is 1.72. The fourth-order valence-electron chi connectivity index (χ4n) is 3.65. The van der Waals surface area contributed by atoms with Crippen molar-refractivity contribution in [3.05, 3.63) is 36.0 Å².